The molecule has 0 aromatic carbocycles. The van der Waals surface area contributed by atoms with E-state index in [4.69, 9.17) is 5.73 Å². The van der Waals surface area contributed by atoms with Gasteiger partial charge in [0.05, 0.1) is 11.9 Å². The van der Waals surface area contributed by atoms with Gasteiger partial charge in [0, 0.05) is 19.0 Å². The Bertz CT molecular complexity index is 352. The third-order valence-corrected chi connectivity index (χ3v) is 2.82. The number of halogens is 1. The van der Waals surface area contributed by atoms with Gasteiger partial charge in [0.25, 0.3) is 0 Å². The lowest BCUT2D eigenvalue weighted by Crippen LogP contribution is -2.28. The largest absolute Gasteiger partial charge is 0.326 e. The molecule has 2 rings (SSSR count). The average Bonchev–Trinajstić information content (AvgIpc) is 2.47. The van der Waals surface area contributed by atoms with Crippen molar-refractivity contribution >= 4 is 34.2 Å². The van der Waals surface area contributed by atoms with Crippen LogP contribution in [0.25, 0.3) is 0 Å². The van der Waals surface area contributed by atoms with Crippen molar-refractivity contribution in [1.29, 1.82) is 0 Å². The predicted octanol–water partition coefficient (Wildman–Crippen LogP) is 0.750. The first-order valence-electron chi connectivity index (χ1n) is 4.34. The minimum Gasteiger partial charge on any atom is -0.326 e. The third kappa shape index (κ3) is 1.88. The summed E-state index contributed by atoms with van der Waals surface area (Å²) >= 11 is 2.13. The van der Waals surface area contributed by atoms with Crippen LogP contribution in [-0.2, 0) is 4.79 Å². The molecule has 5 heteroatoms. The zero-order valence-electron chi connectivity index (χ0n) is 7.48. The Morgan fingerprint density at radius 2 is 2.36 bits per heavy atom. The number of nitrogens with two attached hydrogens (primary N) is 1. The predicted molar refractivity (Wildman–Crippen MR) is 61.9 cm³/mol. The van der Waals surface area contributed by atoms with Crippen LogP contribution < -0.4 is 10.6 Å². The van der Waals surface area contributed by atoms with Crippen molar-refractivity contribution in [3.8, 4) is 0 Å². The molecule has 0 bridgehead atoms. The van der Waals surface area contributed by atoms with E-state index in [0.717, 1.165) is 9.39 Å². The van der Waals surface area contributed by atoms with Crippen molar-refractivity contribution in [1.82, 2.24) is 4.98 Å². The molecule has 2 heterocycles. The van der Waals surface area contributed by atoms with Gasteiger partial charge in [0.1, 0.15) is 3.70 Å². The van der Waals surface area contributed by atoms with E-state index < -0.39 is 0 Å². The first-order valence-corrected chi connectivity index (χ1v) is 5.42. The fourth-order valence-electron chi connectivity index (χ4n) is 1.51. The number of amides is 1. The van der Waals surface area contributed by atoms with Crippen LogP contribution in [0.5, 0.6) is 0 Å². The number of hydrogen-bond donors (Lipinski definition) is 1. The molecule has 0 saturated carbocycles. The van der Waals surface area contributed by atoms with Crippen LogP contribution >= 0.6 is 22.6 Å². The van der Waals surface area contributed by atoms with Gasteiger partial charge < -0.3 is 10.6 Å². The average molecular weight is 303 g/mol. The summed E-state index contributed by atoms with van der Waals surface area (Å²) in [6, 6.07) is 3.74. The van der Waals surface area contributed by atoms with Crippen molar-refractivity contribution < 1.29 is 4.79 Å². The highest BCUT2D eigenvalue weighted by Gasteiger charge is 2.27. The Kier molecular flexibility index (Phi) is 2.69. The summed E-state index contributed by atoms with van der Waals surface area (Å²) in [5.74, 6) is 0.0838. The third-order valence-electron chi connectivity index (χ3n) is 2.18. The van der Waals surface area contributed by atoms with Gasteiger partial charge in [0.2, 0.25) is 5.91 Å². The fraction of sp³-hybridized carbons (Fsp3) is 0.333. The Balaban J connectivity index is 2.23. The van der Waals surface area contributed by atoms with Gasteiger partial charge in [0.15, 0.2) is 0 Å². The van der Waals surface area contributed by atoms with Crippen molar-refractivity contribution in [2.45, 2.75) is 12.5 Å². The number of nitrogens with zero attached hydrogens (tertiary/aromatic N) is 2. The summed E-state index contributed by atoms with van der Waals surface area (Å²) in [5.41, 5.74) is 6.53. The van der Waals surface area contributed by atoms with E-state index in [1.54, 1.807) is 11.1 Å². The normalized spacial score (nSPS) is 21.7. The highest BCUT2D eigenvalue weighted by atomic mass is 127. The summed E-state index contributed by atoms with van der Waals surface area (Å²) in [7, 11) is 0. The fourth-order valence-corrected chi connectivity index (χ4v) is 1.83. The van der Waals surface area contributed by atoms with Gasteiger partial charge in [-0.2, -0.15) is 0 Å². The van der Waals surface area contributed by atoms with E-state index in [9.17, 15) is 4.79 Å². The van der Waals surface area contributed by atoms with Gasteiger partial charge in [-0.3, -0.25) is 4.79 Å². The first-order chi connectivity index (χ1) is 6.66. The maximum Gasteiger partial charge on any atom is 0.228 e. The first kappa shape index (κ1) is 9.85. The number of hydrogen-bond acceptors (Lipinski definition) is 3. The van der Waals surface area contributed by atoms with Crippen molar-refractivity contribution in [3.63, 3.8) is 0 Å². The number of pyridine rings is 1. The standard InChI is InChI=1S/C9H10IN3O/c10-8-2-1-7(4-12-8)13-5-6(11)3-9(13)14/h1-2,4,6H,3,5,11H2. The van der Waals surface area contributed by atoms with Gasteiger partial charge in [-0.15, -0.1) is 0 Å². The Morgan fingerprint density at radius 3 is 2.86 bits per heavy atom. The number of carbonyl (C=O) groups excluding carboxylic acids is 1. The summed E-state index contributed by atoms with van der Waals surface area (Å²) < 4.78 is 0.919. The summed E-state index contributed by atoms with van der Waals surface area (Å²) in [5, 5.41) is 0. The second-order valence-corrected chi connectivity index (χ2v) is 4.41. The molecule has 1 aromatic rings. The molecular formula is C9H10IN3O. The van der Waals surface area contributed by atoms with E-state index in [1.807, 2.05) is 12.1 Å². The zero-order chi connectivity index (χ0) is 10.1. The molecule has 0 aliphatic carbocycles. The topological polar surface area (TPSA) is 59.2 Å². The van der Waals surface area contributed by atoms with Gasteiger partial charge in [-0.05, 0) is 34.7 Å². The maximum absolute atomic E-state index is 11.5. The van der Waals surface area contributed by atoms with Crippen molar-refractivity contribution in [2.75, 3.05) is 11.4 Å². The van der Waals surface area contributed by atoms with E-state index >= 15 is 0 Å². The molecule has 1 saturated heterocycles. The molecule has 1 amide bonds. The Hall–Kier alpha value is -0.690. The van der Waals surface area contributed by atoms with Gasteiger partial charge >= 0.3 is 0 Å². The minimum atomic E-state index is -0.0400. The van der Waals surface area contributed by atoms with Crippen LogP contribution in [0.2, 0.25) is 0 Å². The molecule has 1 atom stereocenters. The number of aromatic nitrogens is 1. The molecule has 0 spiro atoms. The van der Waals surface area contributed by atoms with Gasteiger partial charge in [-0.1, -0.05) is 0 Å². The van der Waals surface area contributed by atoms with Crippen LogP contribution in [0, 0.1) is 3.70 Å². The second kappa shape index (κ2) is 3.82. The van der Waals surface area contributed by atoms with Crippen LogP contribution in [0.1, 0.15) is 6.42 Å². The number of carbonyl (C=O) groups is 1. The number of anilines is 1. The number of rotatable bonds is 1. The van der Waals surface area contributed by atoms with E-state index in [0.29, 0.717) is 13.0 Å². The second-order valence-electron chi connectivity index (χ2n) is 3.31. The van der Waals surface area contributed by atoms with Crippen molar-refractivity contribution in [2.24, 2.45) is 5.73 Å². The molecule has 4 nitrogen and oxygen atoms in total. The minimum absolute atomic E-state index is 0.0400. The van der Waals surface area contributed by atoms with Crippen LogP contribution in [0.15, 0.2) is 18.3 Å². The van der Waals surface area contributed by atoms with Crippen LogP contribution in [0.4, 0.5) is 5.69 Å². The molecular weight excluding hydrogens is 293 g/mol. The molecule has 1 aliphatic rings. The zero-order valence-corrected chi connectivity index (χ0v) is 9.64. The SMILES string of the molecule is NC1CC(=O)N(c2ccc(I)nc2)C1. The Labute approximate surface area is 95.6 Å². The molecule has 0 radical (unpaired) electrons. The molecule has 1 aromatic heterocycles. The maximum atomic E-state index is 11.5. The monoisotopic (exact) mass is 303 g/mol. The highest BCUT2D eigenvalue weighted by molar-refractivity contribution is 14.1. The van der Waals surface area contributed by atoms with E-state index in [1.165, 1.54) is 0 Å². The van der Waals surface area contributed by atoms with E-state index in [-0.39, 0.29) is 11.9 Å². The summed E-state index contributed by atoms with van der Waals surface area (Å²) in [4.78, 5) is 17.3. The quantitative estimate of drug-likeness (QED) is 0.615. The van der Waals surface area contributed by atoms with Crippen LogP contribution in [-0.4, -0.2) is 23.5 Å². The molecule has 1 aliphatic heterocycles. The van der Waals surface area contributed by atoms with Crippen LogP contribution in [0.3, 0.4) is 0 Å². The van der Waals surface area contributed by atoms with Crippen molar-refractivity contribution in [3.05, 3.63) is 22.0 Å². The van der Waals surface area contributed by atoms with Gasteiger partial charge in [-0.25, -0.2) is 4.98 Å². The summed E-state index contributed by atoms with van der Waals surface area (Å²) in [6.45, 7) is 0.598. The molecule has 74 valence electrons. The smallest absolute Gasteiger partial charge is 0.228 e. The lowest BCUT2D eigenvalue weighted by atomic mass is 10.3. The highest BCUT2D eigenvalue weighted by Crippen LogP contribution is 2.20. The van der Waals surface area contributed by atoms with E-state index in [2.05, 4.69) is 27.6 Å². The lowest BCUT2D eigenvalue weighted by molar-refractivity contribution is -0.117. The molecule has 1 fully saturated rings. The molecule has 1 unspecified atom stereocenters. The lowest BCUT2D eigenvalue weighted by Gasteiger charge is -2.15. The molecule has 2 N–H and O–H groups in total. The molecule has 14 heavy (non-hydrogen) atoms. The Morgan fingerprint density at radius 1 is 1.57 bits per heavy atom. The summed E-state index contributed by atoms with van der Waals surface area (Å²) in [6.07, 6.45) is 2.14.